The number of H-pyrrole nitrogens is 1. The summed E-state index contributed by atoms with van der Waals surface area (Å²) in [6, 6.07) is 1.42. The molecule has 2 heterocycles. The minimum atomic E-state index is -0.297. The smallest absolute Gasteiger partial charge is 0.278 e. The fourth-order valence-electron chi connectivity index (χ4n) is 2.34. The molecule has 1 aliphatic heterocycles. The number of nitrogens with zero attached hydrogens (tertiary/aromatic N) is 2. The molecular formula is C13H19N3O2. The monoisotopic (exact) mass is 249 g/mol. The van der Waals surface area contributed by atoms with Gasteiger partial charge < -0.3 is 4.90 Å². The predicted octanol–water partition coefficient (Wildman–Crippen LogP) is 1.34. The van der Waals surface area contributed by atoms with Crippen molar-refractivity contribution in [3.8, 4) is 0 Å². The Morgan fingerprint density at radius 1 is 1.50 bits per heavy atom. The first kappa shape index (κ1) is 12.8. The molecule has 1 aliphatic rings. The molecule has 1 N–H and O–H groups in total. The van der Waals surface area contributed by atoms with Crippen LogP contribution in [-0.2, 0) is 0 Å². The second-order valence-electron chi connectivity index (χ2n) is 4.91. The maximum absolute atomic E-state index is 12.2. The van der Waals surface area contributed by atoms with Crippen LogP contribution in [0.4, 0.5) is 0 Å². The lowest BCUT2D eigenvalue weighted by Gasteiger charge is -2.31. The van der Waals surface area contributed by atoms with Gasteiger partial charge in [0.05, 0.1) is 0 Å². The number of carbonyl (C=O) groups excluding carboxylic acids is 1. The Balaban J connectivity index is 2.10. The number of hydrogen-bond donors (Lipinski definition) is 1. The highest BCUT2D eigenvalue weighted by Gasteiger charge is 2.25. The third-order valence-electron chi connectivity index (χ3n) is 3.61. The van der Waals surface area contributed by atoms with E-state index in [1.807, 2.05) is 0 Å². The number of amides is 1. The lowest BCUT2D eigenvalue weighted by Crippen LogP contribution is -2.40. The zero-order valence-corrected chi connectivity index (χ0v) is 10.9. The van der Waals surface area contributed by atoms with Crippen LogP contribution in [0.1, 0.15) is 42.4 Å². The molecule has 1 aromatic heterocycles. The van der Waals surface area contributed by atoms with Crippen LogP contribution in [0.3, 0.4) is 0 Å². The van der Waals surface area contributed by atoms with E-state index in [1.54, 1.807) is 11.8 Å². The van der Waals surface area contributed by atoms with E-state index < -0.39 is 0 Å². The highest BCUT2D eigenvalue weighted by molar-refractivity contribution is 5.92. The van der Waals surface area contributed by atoms with Crippen molar-refractivity contribution < 1.29 is 4.79 Å². The fraction of sp³-hybridized carbons (Fsp3) is 0.615. The summed E-state index contributed by atoms with van der Waals surface area (Å²) in [4.78, 5) is 25.6. The van der Waals surface area contributed by atoms with E-state index in [9.17, 15) is 9.59 Å². The first-order valence-electron chi connectivity index (χ1n) is 6.47. The summed E-state index contributed by atoms with van der Waals surface area (Å²) in [5, 5.41) is 6.55. The molecule has 1 saturated heterocycles. The van der Waals surface area contributed by atoms with Crippen molar-refractivity contribution in [3.05, 3.63) is 27.7 Å². The average Bonchev–Trinajstić information content (AvgIpc) is 2.38. The molecule has 98 valence electrons. The molecule has 1 amide bonds. The number of aromatic nitrogens is 2. The van der Waals surface area contributed by atoms with Crippen molar-refractivity contribution in [1.29, 1.82) is 0 Å². The third kappa shape index (κ3) is 2.60. The number of rotatable bonds is 2. The van der Waals surface area contributed by atoms with Crippen LogP contribution in [0.2, 0.25) is 0 Å². The SMILES string of the molecule is CCC1CCN(C(=O)c2n[nH]c(C)cc2=O)CC1. The van der Waals surface area contributed by atoms with Gasteiger partial charge in [0, 0.05) is 24.8 Å². The van der Waals surface area contributed by atoms with Crippen molar-refractivity contribution in [2.45, 2.75) is 33.1 Å². The van der Waals surface area contributed by atoms with Gasteiger partial charge in [-0.25, -0.2) is 0 Å². The third-order valence-corrected chi connectivity index (χ3v) is 3.61. The Morgan fingerprint density at radius 3 is 2.72 bits per heavy atom. The quantitative estimate of drug-likeness (QED) is 0.860. The van der Waals surface area contributed by atoms with Crippen molar-refractivity contribution >= 4 is 5.91 Å². The van der Waals surface area contributed by atoms with Gasteiger partial charge in [-0.2, -0.15) is 5.10 Å². The van der Waals surface area contributed by atoms with Gasteiger partial charge in [0.25, 0.3) is 5.91 Å². The van der Waals surface area contributed by atoms with Crippen LogP contribution in [-0.4, -0.2) is 34.1 Å². The molecule has 0 aromatic carbocycles. The van der Waals surface area contributed by atoms with Crippen LogP contribution in [0.15, 0.2) is 10.9 Å². The predicted molar refractivity (Wildman–Crippen MR) is 68.5 cm³/mol. The maximum Gasteiger partial charge on any atom is 0.278 e. The zero-order chi connectivity index (χ0) is 13.1. The summed E-state index contributed by atoms with van der Waals surface area (Å²) in [5.74, 6) is 0.462. The van der Waals surface area contributed by atoms with E-state index >= 15 is 0 Å². The Bertz CT molecular complexity index is 487. The molecule has 5 nitrogen and oxygen atoms in total. The number of nitrogens with one attached hydrogen (secondary N) is 1. The summed E-state index contributed by atoms with van der Waals surface area (Å²) < 4.78 is 0. The molecule has 0 saturated carbocycles. The molecule has 5 heteroatoms. The summed E-state index contributed by atoms with van der Waals surface area (Å²) >= 11 is 0. The van der Waals surface area contributed by atoms with Crippen LogP contribution in [0.25, 0.3) is 0 Å². The molecule has 18 heavy (non-hydrogen) atoms. The van der Waals surface area contributed by atoms with Crippen LogP contribution >= 0.6 is 0 Å². The van der Waals surface area contributed by atoms with E-state index in [4.69, 9.17) is 0 Å². The molecule has 0 spiro atoms. The van der Waals surface area contributed by atoms with Crippen molar-refractivity contribution in [3.63, 3.8) is 0 Å². The highest BCUT2D eigenvalue weighted by atomic mass is 16.2. The van der Waals surface area contributed by atoms with Gasteiger partial charge in [0.15, 0.2) is 5.69 Å². The molecule has 0 bridgehead atoms. The van der Waals surface area contributed by atoms with E-state index in [0.29, 0.717) is 11.6 Å². The first-order chi connectivity index (χ1) is 8.61. The summed E-state index contributed by atoms with van der Waals surface area (Å²) in [6.45, 7) is 5.38. The minimum Gasteiger partial charge on any atom is -0.337 e. The number of piperidine rings is 1. The number of aromatic amines is 1. The molecule has 0 unspecified atom stereocenters. The van der Waals surface area contributed by atoms with E-state index in [-0.39, 0.29) is 17.0 Å². The van der Waals surface area contributed by atoms with Crippen LogP contribution in [0, 0.1) is 12.8 Å². The van der Waals surface area contributed by atoms with Gasteiger partial charge in [0.2, 0.25) is 5.43 Å². The van der Waals surface area contributed by atoms with Gasteiger partial charge in [-0.1, -0.05) is 13.3 Å². The normalized spacial score (nSPS) is 16.9. The second kappa shape index (κ2) is 5.33. The Morgan fingerprint density at radius 2 is 2.17 bits per heavy atom. The zero-order valence-electron chi connectivity index (χ0n) is 10.9. The lowest BCUT2D eigenvalue weighted by atomic mass is 9.94. The topological polar surface area (TPSA) is 66.1 Å². The van der Waals surface area contributed by atoms with Gasteiger partial charge in [-0.3, -0.25) is 14.7 Å². The molecule has 0 atom stereocenters. The highest BCUT2D eigenvalue weighted by Crippen LogP contribution is 2.20. The number of carbonyl (C=O) groups is 1. The van der Waals surface area contributed by atoms with Crippen molar-refractivity contribution in [2.75, 3.05) is 13.1 Å². The number of hydrogen-bond acceptors (Lipinski definition) is 3. The lowest BCUT2D eigenvalue weighted by molar-refractivity contribution is 0.0680. The number of likely N-dealkylation sites (tertiary alicyclic amines) is 1. The van der Waals surface area contributed by atoms with E-state index in [0.717, 1.165) is 32.4 Å². The molecule has 0 radical (unpaired) electrons. The van der Waals surface area contributed by atoms with Gasteiger partial charge in [-0.15, -0.1) is 0 Å². The maximum atomic E-state index is 12.2. The standard InChI is InChI=1S/C13H19N3O2/c1-3-10-4-6-16(7-5-10)13(18)12-11(17)8-9(2)14-15-12/h8,10H,3-7H2,1-2H3,(H,14,17). The second-order valence-corrected chi connectivity index (χ2v) is 4.91. The molecular weight excluding hydrogens is 230 g/mol. The van der Waals surface area contributed by atoms with Crippen molar-refractivity contribution in [2.24, 2.45) is 5.92 Å². The van der Waals surface area contributed by atoms with E-state index in [1.165, 1.54) is 6.07 Å². The fourth-order valence-corrected chi connectivity index (χ4v) is 2.34. The van der Waals surface area contributed by atoms with Gasteiger partial charge in [-0.05, 0) is 25.7 Å². The van der Waals surface area contributed by atoms with Gasteiger partial charge >= 0.3 is 0 Å². The minimum absolute atomic E-state index is 0.00977. The van der Waals surface area contributed by atoms with Crippen LogP contribution in [0.5, 0.6) is 0 Å². The Kier molecular flexibility index (Phi) is 3.79. The van der Waals surface area contributed by atoms with E-state index in [2.05, 4.69) is 17.1 Å². The largest absolute Gasteiger partial charge is 0.337 e. The summed E-state index contributed by atoms with van der Waals surface area (Å²) in [7, 11) is 0. The summed E-state index contributed by atoms with van der Waals surface area (Å²) in [5.41, 5.74) is 0.380. The summed E-state index contributed by atoms with van der Waals surface area (Å²) in [6.07, 6.45) is 3.20. The van der Waals surface area contributed by atoms with Crippen LogP contribution < -0.4 is 5.43 Å². The molecule has 2 rings (SSSR count). The Hall–Kier alpha value is -1.65. The Labute approximate surface area is 106 Å². The molecule has 0 aliphatic carbocycles. The average molecular weight is 249 g/mol. The molecule has 1 fully saturated rings. The molecule has 1 aromatic rings. The first-order valence-corrected chi connectivity index (χ1v) is 6.47. The number of aryl methyl sites for hydroxylation is 1. The van der Waals surface area contributed by atoms with Crippen molar-refractivity contribution in [1.82, 2.24) is 15.1 Å². The van der Waals surface area contributed by atoms with Gasteiger partial charge in [0.1, 0.15) is 0 Å².